The third kappa shape index (κ3) is 2.51. The summed E-state index contributed by atoms with van der Waals surface area (Å²) in [4.78, 5) is 3.91. The number of ether oxygens (including phenoxy) is 1. The van der Waals surface area contributed by atoms with Gasteiger partial charge in [-0.1, -0.05) is 0 Å². The number of nitrogens with zero attached hydrogens (tertiary/aromatic N) is 3. The lowest BCUT2D eigenvalue weighted by Crippen LogP contribution is -2.29. The minimum Gasteiger partial charge on any atom is -0.384 e. The first kappa shape index (κ1) is 12.5. The molecule has 0 aliphatic carbocycles. The predicted molar refractivity (Wildman–Crippen MR) is 61.9 cm³/mol. The molecule has 2 rings (SSSR count). The molecule has 7 heteroatoms. The van der Waals surface area contributed by atoms with Crippen LogP contribution in [0.2, 0.25) is 0 Å². The number of rotatable bonds is 4. The fraction of sp³-hybridized carbons (Fsp3) is 0.700. The number of aromatic nitrogens is 2. The van der Waals surface area contributed by atoms with Crippen LogP contribution in [0.15, 0.2) is 17.6 Å². The topological polar surface area (TPSA) is 64.4 Å². The molecule has 0 saturated carbocycles. The predicted octanol–water partition coefficient (Wildman–Crippen LogP) is 0.0771. The van der Waals surface area contributed by atoms with Crippen molar-refractivity contribution < 1.29 is 13.2 Å². The van der Waals surface area contributed by atoms with Crippen molar-refractivity contribution in [3.05, 3.63) is 12.5 Å². The van der Waals surface area contributed by atoms with Gasteiger partial charge in [0.15, 0.2) is 5.03 Å². The zero-order valence-electron chi connectivity index (χ0n) is 10.0. The van der Waals surface area contributed by atoms with Gasteiger partial charge in [-0.2, -0.15) is 4.31 Å². The zero-order valence-corrected chi connectivity index (χ0v) is 10.9. The Morgan fingerprint density at radius 1 is 1.59 bits per heavy atom. The van der Waals surface area contributed by atoms with Crippen LogP contribution in [0.25, 0.3) is 0 Å². The van der Waals surface area contributed by atoms with Crippen molar-refractivity contribution >= 4 is 10.0 Å². The minimum atomic E-state index is -3.42. The highest BCUT2D eigenvalue weighted by molar-refractivity contribution is 7.89. The van der Waals surface area contributed by atoms with E-state index in [-0.39, 0.29) is 5.03 Å². The molecule has 1 fully saturated rings. The van der Waals surface area contributed by atoms with Crippen LogP contribution in [-0.2, 0) is 21.8 Å². The van der Waals surface area contributed by atoms with Crippen LogP contribution < -0.4 is 0 Å². The van der Waals surface area contributed by atoms with E-state index >= 15 is 0 Å². The molecular weight excluding hydrogens is 242 g/mol. The molecule has 1 aromatic heterocycles. The van der Waals surface area contributed by atoms with E-state index in [1.54, 1.807) is 18.7 Å². The summed E-state index contributed by atoms with van der Waals surface area (Å²) in [7, 11) is -0.0347. The van der Waals surface area contributed by atoms with Gasteiger partial charge in [0.2, 0.25) is 0 Å². The van der Waals surface area contributed by atoms with Crippen molar-refractivity contribution in [3.8, 4) is 0 Å². The van der Waals surface area contributed by atoms with Crippen LogP contribution in [0, 0.1) is 5.92 Å². The van der Waals surface area contributed by atoms with Crippen LogP contribution >= 0.6 is 0 Å². The normalized spacial score (nSPS) is 22.1. The minimum absolute atomic E-state index is 0.123. The molecule has 0 bridgehead atoms. The van der Waals surface area contributed by atoms with E-state index in [1.807, 2.05) is 0 Å². The molecule has 1 aliphatic rings. The molecule has 0 radical (unpaired) electrons. The molecule has 0 amide bonds. The van der Waals surface area contributed by atoms with Crippen molar-refractivity contribution in [2.24, 2.45) is 13.0 Å². The molecule has 0 spiro atoms. The quantitative estimate of drug-likeness (QED) is 0.768. The van der Waals surface area contributed by atoms with Gasteiger partial charge < -0.3 is 9.30 Å². The average Bonchev–Trinajstić information content (AvgIpc) is 2.88. The maximum Gasteiger partial charge on any atom is 0.262 e. The SMILES string of the molecule is COCC1CCN(S(=O)(=O)c2cn(C)cn2)C1. The summed E-state index contributed by atoms with van der Waals surface area (Å²) in [5.41, 5.74) is 0. The Morgan fingerprint density at radius 3 is 2.94 bits per heavy atom. The fourth-order valence-electron chi connectivity index (χ4n) is 2.04. The van der Waals surface area contributed by atoms with Gasteiger partial charge in [-0.15, -0.1) is 0 Å². The first-order valence-corrected chi connectivity index (χ1v) is 6.95. The van der Waals surface area contributed by atoms with Crippen molar-refractivity contribution in [3.63, 3.8) is 0 Å². The summed E-state index contributed by atoms with van der Waals surface area (Å²) in [5, 5.41) is 0.123. The van der Waals surface area contributed by atoms with Crippen LogP contribution in [0.1, 0.15) is 6.42 Å². The first-order chi connectivity index (χ1) is 8.04. The summed E-state index contributed by atoms with van der Waals surface area (Å²) in [6.45, 7) is 1.67. The van der Waals surface area contributed by atoms with Gasteiger partial charge in [0.1, 0.15) is 0 Å². The monoisotopic (exact) mass is 259 g/mol. The molecule has 6 nitrogen and oxygen atoms in total. The molecule has 0 aromatic carbocycles. The molecule has 96 valence electrons. The standard InChI is InChI=1S/C10H17N3O3S/c1-12-6-10(11-8-12)17(14,15)13-4-3-9(5-13)7-16-2/h6,8-9H,3-5,7H2,1-2H3. The van der Waals surface area contributed by atoms with E-state index in [2.05, 4.69) is 4.98 Å². The van der Waals surface area contributed by atoms with Gasteiger partial charge in [0.25, 0.3) is 10.0 Å². The molecule has 1 aromatic rings. The molecule has 1 aliphatic heterocycles. The second kappa shape index (κ2) is 4.75. The number of imidazole rings is 1. The Hall–Kier alpha value is -0.920. The highest BCUT2D eigenvalue weighted by atomic mass is 32.2. The highest BCUT2D eigenvalue weighted by Crippen LogP contribution is 2.23. The second-order valence-electron chi connectivity index (χ2n) is 4.35. The van der Waals surface area contributed by atoms with Crippen LogP contribution in [0.5, 0.6) is 0 Å². The number of methoxy groups -OCH3 is 1. The van der Waals surface area contributed by atoms with Crippen molar-refractivity contribution in [1.29, 1.82) is 0 Å². The number of aryl methyl sites for hydroxylation is 1. The Kier molecular flexibility index (Phi) is 3.50. The lowest BCUT2D eigenvalue weighted by atomic mass is 10.1. The van der Waals surface area contributed by atoms with E-state index < -0.39 is 10.0 Å². The van der Waals surface area contributed by atoms with E-state index in [1.165, 1.54) is 16.8 Å². The summed E-state index contributed by atoms with van der Waals surface area (Å²) in [6.07, 6.45) is 3.87. The zero-order chi connectivity index (χ0) is 12.5. The first-order valence-electron chi connectivity index (χ1n) is 5.51. The van der Waals surface area contributed by atoms with Gasteiger partial charge in [-0.25, -0.2) is 13.4 Å². The molecule has 0 N–H and O–H groups in total. The maximum atomic E-state index is 12.2. The summed E-state index contributed by atoms with van der Waals surface area (Å²) < 4.78 is 32.6. The third-order valence-corrected chi connectivity index (χ3v) is 4.69. The molecule has 2 heterocycles. The second-order valence-corrected chi connectivity index (χ2v) is 6.24. The maximum absolute atomic E-state index is 12.2. The van der Waals surface area contributed by atoms with Crippen molar-refractivity contribution in [2.45, 2.75) is 11.4 Å². The van der Waals surface area contributed by atoms with Gasteiger partial charge >= 0.3 is 0 Å². The Morgan fingerprint density at radius 2 is 2.35 bits per heavy atom. The number of hydrogen-bond acceptors (Lipinski definition) is 4. The Bertz CT molecular complexity index is 483. The summed E-state index contributed by atoms with van der Waals surface area (Å²) in [6, 6.07) is 0. The fourth-order valence-corrected chi connectivity index (χ4v) is 3.54. The van der Waals surface area contributed by atoms with E-state index in [9.17, 15) is 8.42 Å². The molecule has 17 heavy (non-hydrogen) atoms. The van der Waals surface area contributed by atoms with Gasteiger partial charge in [0.05, 0.1) is 12.9 Å². The van der Waals surface area contributed by atoms with Crippen LogP contribution in [-0.4, -0.2) is 49.1 Å². The van der Waals surface area contributed by atoms with Crippen molar-refractivity contribution in [2.75, 3.05) is 26.8 Å². The number of hydrogen-bond donors (Lipinski definition) is 0. The third-order valence-electron chi connectivity index (χ3n) is 2.94. The van der Waals surface area contributed by atoms with E-state index in [0.29, 0.717) is 25.6 Å². The van der Waals surface area contributed by atoms with Gasteiger partial charge in [-0.3, -0.25) is 0 Å². The lowest BCUT2D eigenvalue weighted by Gasteiger charge is -2.14. The van der Waals surface area contributed by atoms with Gasteiger partial charge in [-0.05, 0) is 12.3 Å². The molecule has 1 saturated heterocycles. The average molecular weight is 259 g/mol. The Labute approximate surface area is 101 Å². The van der Waals surface area contributed by atoms with Crippen molar-refractivity contribution in [1.82, 2.24) is 13.9 Å². The smallest absolute Gasteiger partial charge is 0.262 e. The van der Waals surface area contributed by atoms with Gasteiger partial charge in [0, 0.05) is 33.4 Å². The molecular formula is C10H17N3O3S. The molecule has 1 unspecified atom stereocenters. The van der Waals surface area contributed by atoms with E-state index in [4.69, 9.17) is 4.74 Å². The Balaban J connectivity index is 2.13. The largest absolute Gasteiger partial charge is 0.384 e. The highest BCUT2D eigenvalue weighted by Gasteiger charge is 2.33. The van der Waals surface area contributed by atoms with E-state index in [0.717, 1.165) is 6.42 Å². The lowest BCUT2D eigenvalue weighted by molar-refractivity contribution is 0.157. The number of sulfonamides is 1. The summed E-state index contributed by atoms with van der Waals surface area (Å²) in [5.74, 6) is 0.290. The molecule has 1 atom stereocenters. The van der Waals surface area contributed by atoms with Crippen LogP contribution in [0.4, 0.5) is 0 Å². The van der Waals surface area contributed by atoms with Crippen LogP contribution in [0.3, 0.4) is 0 Å². The summed E-state index contributed by atoms with van der Waals surface area (Å²) >= 11 is 0.